The first kappa shape index (κ1) is 16.7. The van der Waals surface area contributed by atoms with Gasteiger partial charge in [-0.3, -0.25) is 0 Å². The molecule has 0 amide bonds. The summed E-state index contributed by atoms with van der Waals surface area (Å²) in [5, 5.41) is 14.0. The first-order valence-electron chi connectivity index (χ1n) is 8.62. The van der Waals surface area contributed by atoms with E-state index in [1.54, 1.807) is 0 Å². The third-order valence-electron chi connectivity index (χ3n) is 4.93. The number of benzene rings is 1. The molecule has 2 saturated heterocycles. The minimum atomic E-state index is -0.625. The van der Waals surface area contributed by atoms with Gasteiger partial charge in [0.15, 0.2) is 0 Å². The monoisotopic (exact) mass is 320 g/mol. The first-order valence-corrected chi connectivity index (χ1v) is 8.62. The van der Waals surface area contributed by atoms with E-state index >= 15 is 0 Å². The van der Waals surface area contributed by atoms with E-state index in [2.05, 4.69) is 41.4 Å². The van der Waals surface area contributed by atoms with Crippen LogP contribution in [0.4, 0.5) is 5.69 Å². The van der Waals surface area contributed by atoms with Crippen molar-refractivity contribution in [3.63, 3.8) is 0 Å². The maximum atomic E-state index is 10.5. The lowest BCUT2D eigenvalue weighted by Crippen LogP contribution is -2.45. The van der Waals surface area contributed by atoms with Crippen LogP contribution in [0.2, 0.25) is 0 Å². The van der Waals surface area contributed by atoms with Crippen LogP contribution in [0.15, 0.2) is 24.3 Å². The van der Waals surface area contributed by atoms with E-state index in [-0.39, 0.29) is 6.04 Å². The van der Waals surface area contributed by atoms with Gasteiger partial charge >= 0.3 is 0 Å². The van der Waals surface area contributed by atoms with Crippen LogP contribution in [-0.2, 0) is 9.47 Å². The topological polar surface area (TPSA) is 54.0 Å². The number of ether oxygens (including phenoxy) is 2. The molecule has 2 aliphatic heterocycles. The molecule has 1 aromatic carbocycles. The fourth-order valence-electron chi connectivity index (χ4n) is 3.18. The second kappa shape index (κ2) is 7.62. The number of aliphatic hydroxyl groups is 1. The highest BCUT2D eigenvalue weighted by molar-refractivity contribution is 5.48. The summed E-state index contributed by atoms with van der Waals surface area (Å²) in [7, 11) is 0. The zero-order valence-electron chi connectivity index (χ0n) is 14.0. The highest BCUT2D eigenvalue weighted by Crippen LogP contribution is 2.23. The van der Waals surface area contributed by atoms with Gasteiger partial charge in [-0.1, -0.05) is 12.1 Å². The minimum absolute atomic E-state index is 0.223. The lowest BCUT2D eigenvalue weighted by atomic mass is 9.94. The van der Waals surface area contributed by atoms with Crippen molar-refractivity contribution in [3.8, 4) is 0 Å². The molecule has 3 rings (SSSR count). The van der Waals surface area contributed by atoms with E-state index in [0.717, 1.165) is 26.3 Å². The first-order chi connectivity index (χ1) is 11.2. The maximum absolute atomic E-state index is 10.5. The normalized spacial score (nSPS) is 22.8. The number of nitrogens with one attached hydrogen (secondary N) is 1. The molecule has 1 aromatic rings. The molecule has 2 N–H and O–H groups in total. The highest BCUT2D eigenvalue weighted by Gasteiger charge is 2.29. The predicted octanol–water partition coefficient (Wildman–Crippen LogP) is 1.72. The molecule has 5 nitrogen and oxygen atoms in total. The van der Waals surface area contributed by atoms with Crippen LogP contribution in [0.1, 0.15) is 31.4 Å². The Labute approximate surface area is 138 Å². The number of hydrogen-bond acceptors (Lipinski definition) is 5. The molecule has 2 heterocycles. The van der Waals surface area contributed by atoms with Crippen molar-refractivity contribution in [1.29, 1.82) is 0 Å². The van der Waals surface area contributed by atoms with Crippen LogP contribution in [0.5, 0.6) is 0 Å². The summed E-state index contributed by atoms with van der Waals surface area (Å²) in [4.78, 5) is 2.36. The maximum Gasteiger partial charge on any atom is 0.0815 e. The summed E-state index contributed by atoms with van der Waals surface area (Å²) in [6, 6.07) is 8.94. The molecule has 0 saturated carbocycles. The molecule has 0 bridgehead atoms. The SMILES string of the molecule is CC(NCC1(O)CCOCC1)c1ccc(N2CCOCC2)cc1. The van der Waals surface area contributed by atoms with Crippen LogP contribution < -0.4 is 10.2 Å². The predicted molar refractivity (Wildman–Crippen MR) is 90.9 cm³/mol. The average Bonchev–Trinajstić information content (AvgIpc) is 2.61. The average molecular weight is 320 g/mol. The number of rotatable bonds is 5. The fourth-order valence-corrected chi connectivity index (χ4v) is 3.18. The van der Waals surface area contributed by atoms with Gasteiger partial charge in [0.1, 0.15) is 0 Å². The lowest BCUT2D eigenvalue weighted by Gasteiger charge is -2.33. The largest absolute Gasteiger partial charge is 0.388 e. The molecule has 1 atom stereocenters. The fraction of sp³-hybridized carbons (Fsp3) is 0.667. The van der Waals surface area contributed by atoms with Crippen LogP contribution in [0, 0.1) is 0 Å². The van der Waals surface area contributed by atoms with Gasteiger partial charge in [0.2, 0.25) is 0 Å². The molecule has 128 valence electrons. The molecule has 1 unspecified atom stereocenters. The van der Waals surface area contributed by atoms with Crippen molar-refractivity contribution < 1.29 is 14.6 Å². The van der Waals surface area contributed by atoms with Gasteiger partial charge in [0.05, 0.1) is 18.8 Å². The highest BCUT2D eigenvalue weighted by atomic mass is 16.5. The van der Waals surface area contributed by atoms with Gasteiger partial charge in [0.25, 0.3) is 0 Å². The summed E-state index contributed by atoms with van der Waals surface area (Å²) >= 11 is 0. The Hall–Kier alpha value is -1.14. The third-order valence-corrected chi connectivity index (χ3v) is 4.93. The molecule has 2 fully saturated rings. The third kappa shape index (κ3) is 4.44. The molecule has 0 spiro atoms. The Morgan fingerprint density at radius 2 is 1.70 bits per heavy atom. The molecule has 2 aliphatic rings. The van der Waals surface area contributed by atoms with E-state index < -0.39 is 5.60 Å². The Bertz CT molecular complexity index is 480. The molecule has 5 heteroatoms. The van der Waals surface area contributed by atoms with Gasteiger partial charge in [-0.2, -0.15) is 0 Å². The van der Waals surface area contributed by atoms with Crippen LogP contribution >= 0.6 is 0 Å². The molecule has 0 aliphatic carbocycles. The summed E-state index contributed by atoms with van der Waals surface area (Å²) in [6.07, 6.45) is 1.42. The minimum Gasteiger partial charge on any atom is -0.388 e. The zero-order chi connectivity index (χ0) is 16.1. The van der Waals surface area contributed by atoms with Crippen LogP contribution in [0.25, 0.3) is 0 Å². The van der Waals surface area contributed by atoms with E-state index in [9.17, 15) is 5.11 Å². The molecular formula is C18H28N2O3. The van der Waals surface area contributed by atoms with E-state index in [1.165, 1.54) is 11.3 Å². The van der Waals surface area contributed by atoms with Crippen molar-refractivity contribution in [1.82, 2.24) is 5.32 Å². The van der Waals surface area contributed by atoms with E-state index in [1.807, 2.05) is 0 Å². The quantitative estimate of drug-likeness (QED) is 0.865. The summed E-state index contributed by atoms with van der Waals surface area (Å²) < 4.78 is 10.7. The summed E-state index contributed by atoms with van der Waals surface area (Å²) in [6.45, 7) is 7.60. The molecule has 0 radical (unpaired) electrons. The number of hydrogen-bond donors (Lipinski definition) is 2. The van der Waals surface area contributed by atoms with E-state index in [0.29, 0.717) is 32.6 Å². The Kier molecular flexibility index (Phi) is 5.54. The molecular weight excluding hydrogens is 292 g/mol. The van der Waals surface area contributed by atoms with E-state index in [4.69, 9.17) is 9.47 Å². The van der Waals surface area contributed by atoms with Gasteiger partial charge in [0, 0.05) is 57.4 Å². The number of anilines is 1. The van der Waals surface area contributed by atoms with Crippen molar-refractivity contribution in [3.05, 3.63) is 29.8 Å². The van der Waals surface area contributed by atoms with Crippen molar-refractivity contribution in [2.75, 3.05) is 51.0 Å². The second-order valence-electron chi connectivity index (χ2n) is 6.63. The smallest absolute Gasteiger partial charge is 0.0815 e. The summed E-state index contributed by atoms with van der Waals surface area (Å²) in [5.74, 6) is 0. The van der Waals surface area contributed by atoms with Gasteiger partial charge < -0.3 is 24.8 Å². The Morgan fingerprint density at radius 3 is 2.35 bits per heavy atom. The van der Waals surface area contributed by atoms with Crippen molar-refractivity contribution in [2.24, 2.45) is 0 Å². The zero-order valence-corrected chi connectivity index (χ0v) is 14.0. The van der Waals surface area contributed by atoms with Crippen LogP contribution in [-0.4, -0.2) is 56.8 Å². The van der Waals surface area contributed by atoms with Crippen LogP contribution in [0.3, 0.4) is 0 Å². The summed E-state index contributed by atoms with van der Waals surface area (Å²) in [5.41, 5.74) is 1.88. The van der Waals surface area contributed by atoms with Crippen molar-refractivity contribution in [2.45, 2.75) is 31.4 Å². The molecule has 23 heavy (non-hydrogen) atoms. The van der Waals surface area contributed by atoms with Gasteiger partial charge in [-0.25, -0.2) is 0 Å². The van der Waals surface area contributed by atoms with Gasteiger partial charge in [-0.15, -0.1) is 0 Å². The van der Waals surface area contributed by atoms with Crippen molar-refractivity contribution >= 4 is 5.69 Å². The lowest BCUT2D eigenvalue weighted by molar-refractivity contribution is -0.0626. The second-order valence-corrected chi connectivity index (χ2v) is 6.63. The Morgan fingerprint density at radius 1 is 1.09 bits per heavy atom. The standard InChI is InChI=1S/C18H28N2O3/c1-15(19-14-18(21)6-10-22-11-7-18)16-2-4-17(5-3-16)20-8-12-23-13-9-20/h2-5,15,19,21H,6-14H2,1H3. The molecule has 0 aromatic heterocycles. The van der Waals surface area contributed by atoms with Gasteiger partial charge in [-0.05, 0) is 24.6 Å². The number of nitrogens with zero attached hydrogens (tertiary/aromatic N) is 1. The Balaban J connectivity index is 1.53. The number of morpholine rings is 1.